The van der Waals surface area contributed by atoms with Crippen LogP contribution in [-0.4, -0.2) is 10.4 Å². The first-order valence-electron chi connectivity index (χ1n) is 10.4. The van der Waals surface area contributed by atoms with Gasteiger partial charge in [0, 0.05) is 23.4 Å². The van der Waals surface area contributed by atoms with Gasteiger partial charge in [-0.25, -0.2) is 0 Å². The third-order valence-electron chi connectivity index (χ3n) is 6.27. The summed E-state index contributed by atoms with van der Waals surface area (Å²) in [5, 5.41) is 0. The van der Waals surface area contributed by atoms with Crippen LogP contribution in [0.4, 0.5) is 0 Å². The van der Waals surface area contributed by atoms with Crippen LogP contribution in [0.2, 0.25) is 0 Å². The van der Waals surface area contributed by atoms with Gasteiger partial charge in [0.1, 0.15) is 0 Å². The molecule has 0 unspecified atom stereocenters. The average molecular weight is 372 g/mol. The van der Waals surface area contributed by atoms with Gasteiger partial charge >= 0.3 is 0 Å². The van der Waals surface area contributed by atoms with Gasteiger partial charge in [0.25, 0.3) is 0 Å². The molecule has 0 spiro atoms. The molecule has 2 nitrogen and oxygen atoms in total. The van der Waals surface area contributed by atoms with Gasteiger partial charge < -0.3 is 4.57 Å². The second-order valence-corrected chi connectivity index (χ2v) is 8.59. The van der Waals surface area contributed by atoms with Crippen LogP contribution in [0.5, 0.6) is 0 Å². The SMILES string of the molecule is CCC(=O)c1cc(-c2ccc3c(c2)C(C)(C)CCC3)n(-c2ccccc2)c1C. The quantitative estimate of drug-likeness (QED) is 0.470. The lowest BCUT2D eigenvalue weighted by atomic mass is 9.72. The fourth-order valence-corrected chi connectivity index (χ4v) is 4.64. The number of carbonyl (C=O) groups is 1. The van der Waals surface area contributed by atoms with Crippen molar-refractivity contribution in [1.82, 2.24) is 4.57 Å². The maximum absolute atomic E-state index is 12.6. The van der Waals surface area contributed by atoms with E-state index in [1.54, 1.807) is 0 Å². The van der Waals surface area contributed by atoms with Crippen LogP contribution in [-0.2, 0) is 11.8 Å². The number of rotatable bonds is 4. The molecule has 144 valence electrons. The molecule has 3 aromatic rings. The zero-order valence-corrected chi connectivity index (χ0v) is 17.4. The van der Waals surface area contributed by atoms with E-state index >= 15 is 0 Å². The predicted octanol–water partition coefficient (Wildman–Crippen LogP) is 6.66. The topological polar surface area (TPSA) is 22.0 Å². The summed E-state index contributed by atoms with van der Waals surface area (Å²) in [6, 6.07) is 19.3. The predicted molar refractivity (Wildman–Crippen MR) is 117 cm³/mol. The van der Waals surface area contributed by atoms with Crippen molar-refractivity contribution in [3.63, 3.8) is 0 Å². The first-order valence-corrected chi connectivity index (χ1v) is 10.4. The average Bonchev–Trinajstić information content (AvgIpc) is 3.05. The number of aromatic nitrogens is 1. The second-order valence-electron chi connectivity index (χ2n) is 8.59. The number of hydrogen-bond acceptors (Lipinski definition) is 1. The van der Waals surface area contributed by atoms with E-state index in [0.29, 0.717) is 6.42 Å². The van der Waals surface area contributed by atoms with Crippen molar-refractivity contribution in [2.75, 3.05) is 0 Å². The molecule has 1 aliphatic carbocycles. The van der Waals surface area contributed by atoms with Crippen molar-refractivity contribution in [3.05, 3.63) is 77.0 Å². The number of nitrogens with zero attached hydrogens (tertiary/aromatic N) is 1. The van der Waals surface area contributed by atoms with Gasteiger partial charge in [-0.3, -0.25) is 4.79 Å². The van der Waals surface area contributed by atoms with Crippen molar-refractivity contribution >= 4 is 5.78 Å². The van der Waals surface area contributed by atoms with Gasteiger partial charge in [0.05, 0.1) is 5.69 Å². The number of para-hydroxylation sites is 1. The molecular weight excluding hydrogens is 342 g/mol. The molecule has 0 atom stereocenters. The highest BCUT2D eigenvalue weighted by molar-refractivity contribution is 5.98. The molecular formula is C26H29NO. The fraction of sp³-hybridized carbons (Fsp3) is 0.346. The number of fused-ring (bicyclic) bond motifs is 1. The Morgan fingerprint density at radius 1 is 1.07 bits per heavy atom. The monoisotopic (exact) mass is 371 g/mol. The number of ketones is 1. The molecule has 0 saturated carbocycles. The number of benzene rings is 2. The molecule has 4 rings (SSSR count). The minimum absolute atomic E-state index is 0.199. The highest BCUT2D eigenvalue weighted by Crippen LogP contribution is 2.40. The van der Waals surface area contributed by atoms with Gasteiger partial charge in [-0.2, -0.15) is 0 Å². The molecule has 1 aromatic heterocycles. The summed E-state index contributed by atoms with van der Waals surface area (Å²) < 4.78 is 2.24. The van der Waals surface area contributed by atoms with Crippen LogP contribution in [0.25, 0.3) is 16.9 Å². The van der Waals surface area contributed by atoms with Gasteiger partial charge in [0.2, 0.25) is 0 Å². The molecule has 0 aliphatic heterocycles. The van der Waals surface area contributed by atoms with Gasteiger partial charge in [-0.15, -0.1) is 0 Å². The van der Waals surface area contributed by atoms with E-state index in [-0.39, 0.29) is 11.2 Å². The maximum atomic E-state index is 12.6. The minimum atomic E-state index is 0.199. The standard InChI is InChI=1S/C26H29NO/c1-5-25(28)22-17-24(27(18(22)2)21-11-7-6-8-12-21)20-14-13-19-10-9-15-26(3,4)23(19)16-20/h6-8,11-14,16-17H,5,9-10,15H2,1-4H3. The van der Waals surface area contributed by atoms with E-state index in [2.05, 4.69) is 73.9 Å². The van der Waals surface area contributed by atoms with Crippen LogP contribution in [0.1, 0.15) is 67.2 Å². The number of Topliss-reactive ketones (excluding diaryl/α,β-unsaturated/α-hetero) is 1. The maximum Gasteiger partial charge on any atom is 0.164 e. The summed E-state index contributed by atoms with van der Waals surface area (Å²) in [7, 11) is 0. The third-order valence-corrected chi connectivity index (χ3v) is 6.27. The molecule has 28 heavy (non-hydrogen) atoms. The van der Waals surface area contributed by atoms with Crippen molar-refractivity contribution in [3.8, 4) is 16.9 Å². The van der Waals surface area contributed by atoms with E-state index in [0.717, 1.165) is 29.1 Å². The van der Waals surface area contributed by atoms with Crippen molar-refractivity contribution in [1.29, 1.82) is 0 Å². The third kappa shape index (κ3) is 3.11. The summed E-state index contributed by atoms with van der Waals surface area (Å²) in [5.41, 5.74) is 8.37. The number of aryl methyl sites for hydroxylation is 1. The summed E-state index contributed by atoms with van der Waals surface area (Å²) >= 11 is 0. The lowest BCUT2D eigenvalue weighted by Gasteiger charge is -2.33. The van der Waals surface area contributed by atoms with Crippen LogP contribution >= 0.6 is 0 Å². The highest BCUT2D eigenvalue weighted by Gasteiger charge is 2.28. The summed E-state index contributed by atoms with van der Waals surface area (Å²) in [6.45, 7) is 8.69. The van der Waals surface area contributed by atoms with E-state index < -0.39 is 0 Å². The van der Waals surface area contributed by atoms with E-state index in [1.165, 1.54) is 29.5 Å². The van der Waals surface area contributed by atoms with Gasteiger partial charge in [-0.1, -0.05) is 51.1 Å². The van der Waals surface area contributed by atoms with Crippen LogP contribution in [0.3, 0.4) is 0 Å². The largest absolute Gasteiger partial charge is 0.313 e. The molecule has 0 fully saturated rings. The normalized spacial score (nSPS) is 15.3. The summed E-state index contributed by atoms with van der Waals surface area (Å²) in [5.74, 6) is 0.201. The zero-order chi connectivity index (χ0) is 19.9. The molecule has 2 aromatic carbocycles. The molecule has 2 heteroatoms. The Labute approximate surface area is 168 Å². The molecule has 1 aliphatic rings. The number of carbonyl (C=O) groups excluding carboxylic acids is 1. The van der Waals surface area contributed by atoms with Crippen LogP contribution < -0.4 is 0 Å². The van der Waals surface area contributed by atoms with Crippen LogP contribution in [0, 0.1) is 6.92 Å². The Kier molecular flexibility index (Phi) is 4.74. The first-order chi connectivity index (χ1) is 13.4. The molecule has 0 amide bonds. The van der Waals surface area contributed by atoms with Crippen LogP contribution in [0.15, 0.2) is 54.6 Å². The molecule has 0 bridgehead atoms. The van der Waals surface area contributed by atoms with Gasteiger partial charge in [0.15, 0.2) is 5.78 Å². The van der Waals surface area contributed by atoms with Crippen molar-refractivity contribution < 1.29 is 4.79 Å². The van der Waals surface area contributed by atoms with Gasteiger partial charge in [-0.05, 0) is 72.6 Å². The Balaban J connectivity index is 1.94. The molecule has 0 saturated heterocycles. The second kappa shape index (κ2) is 7.09. The van der Waals surface area contributed by atoms with Crippen molar-refractivity contribution in [2.45, 2.75) is 58.8 Å². The van der Waals surface area contributed by atoms with Crippen molar-refractivity contribution in [2.24, 2.45) is 0 Å². The first kappa shape index (κ1) is 18.7. The minimum Gasteiger partial charge on any atom is -0.313 e. The summed E-state index contributed by atoms with van der Waals surface area (Å²) in [6.07, 6.45) is 4.17. The molecule has 0 radical (unpaired) electrons. The van der Waals surface area contributed by atoms with E-state index in [1.807, 2.05) is 13.0 Å². The fourth-order valence-electron chi connectivity index (χ4n) is 4.64. The Morgan fingerprint density at radius 3 is 2.54 bits per heavy atom. The van der Waals surface area contributed by atoms with E-state index in [4.69, 9.17) is 0 Å². The Bertz CT molecular complexity index is 1020. The Hall–Kier alpha value is -2.61. The highest BCUT2D eigenvalue weighted by atomic mass is 16.1. The Morgan fingerprint density at radius 2 is 1.82 bits per heavy atom. The number of hydrogen-bond donors (Lipinski definition) is 0. The molecule has 0 N–H and O–H groups in total. The lowest BCUT2D eigenvalue weighted by molar-refractivity contribution is 0.0987. The lowest BCUT2D eigenvalue weighted by Crippen LogP contribution is -2.23. The summed E-state index contributed by atoms with van der Waals surface area (Å²) in [4.78, 5) is 12.6. The molecule has 1 heterocycles. The van der Waals surface area contributed by atoms with E-state index in [9.17, 15) is 4.79 Å². The smallest absolute Gasteiger partial charge is 0.164 e. The zero-order valence-electron chi connectivity index (χ0n) is 17.4.